The van der Waals surface area contributed by atoms with Crippen molar-refractivity contribution in [3.8, 4) is 0 Å². The first kappa shape index (κ1) is 13.8. The molecule has 2 aromatic carbocycles. The minimum Gasteiger partial charge on any atom is -0.411 e. The average Bonchev–Trinajstić information content (AvgIpc) is 2.48. The Bertz CT molecular complexity index is 616. The third-order valence-corrected chi connectivity index (χ3v) is 2.91. The van der Waals surface area contributed by atoms with Gasteiger partial charge in [-0.2, -0.15) is 0 Å². The Morgan fingerprint density at radius 2 is 1.70 bits per heavy atom. The van der Waals surface area contributed by atoms with Crippen LogP contribution in [-0.4, -0.2) is 16.8 Å². The third kappa shape index (κ3) is 3.68. The molecule has 0 fully saturated rings. The Balaban J connectivity index is 2.17. The number of hydrogen-bond acceptors (Lipinski definition) is 3. The number of amidine groups is 1. The number of benzene rings is 2. The van der Waals surface area contributed by atoms with E-state index in [2.05, 4.69) is 10.1 Å². The Labute approximate surface area is 118 Å². The summed E-state index contributed by atoms with van der Waals surface area (Å²) in [7, 11) is 0. The molecule has 0 aliphatic rings. The van der Waals surface area contributed by atoms with Crippen molar-refractivity contribution in [1.29, 1.82) is 0 Å². The average molecular weight is 267 g/mol. The van der Waals surface area contributed by atoms with Crippen molar-refractivity contribution in [2.75, 3.05) is 0 Å². The van der Waals surface area contributed by atoms with Crippen molar-refractivity contribution in [2.24, 2.45) is 15.9 Å². The van der Waals surface area contributed by atoms with E-state index >= 15 is 0 Å². The molecule has 0 bridgehead atoms. The van der Waals surface area contributed by atoms with Gasteiger partial charge in [-0.25, -0.2) is 4.99 Å². The fourth-order valence-corrected chi connectivity index (χ4v) is 1.79. The van der Waals surface area contributed by atoms with Gasteiger partial charge in [0, 0.05) is 6.42 Å². The minimum absolute atomic E-state index is 0.222. The molecule has 102 valence electrons. The number of hydrogen-bond donors (Lipinski definition) is 2. The van der Waals surface area contributed by atoms with Gasteiger partial charge < -0.3 is 10.9 Å². The van der Waals surface area contributed by atoms with Crippen molar-refractivity contribution in [3.63, 3.8) is 0 Å². The lowest BCUT2D eigenvalue weighted by Crippen LogP contribution is -2.25. The zero-order valence-corrected chi connectivity index (χ0v) is 11.3. The largest absolute Gasteiger partial charge is 0.411 e. The first-order valence-corrected chi connectivity index (χ1v) is 6.35. The van der Waals surface area contributed by atoms with Gasteiger partial charge in [0.05, 0.1) is 5.69 Å². The maximum absolute atomic E-state index is 9.11. The summed E-state index contributed by atoms with van der Waals surface area (Å²) in [6.45, 7) is 2.01. The zero-order valence-electron chi connectivity index (χ0n) is 11.3. The highest BCUT2D eigenvalue weighted by Crippen LogP contribution is 2.13. The number of nitrogens with zero attached hydrogens (tertiary/aromatic N) is 2. The van der Waals surface area contributed by atoms with Gasteiger partial charge in [-0.3, -0.25) is 0 Å². The van der Waals surface area contributed by atoms with Gasteiger partial charge in [0.15, 0.2) is 0 Å². The molecule has 2 aromatic rings. The lowest BCUT2D eigenvalue weighted by Gasteiger charge is -2.04. The van der Waals surface area contributed by atoms with E-state index < -0.39 is 0 Å². The fraction of sp³-hybridized carbons (Fsp3) is 0.125. The molecular weight excluding hydrogens is 250 g/mol. The second kappa shape index (κ2) is 6.52. The predicted molar refractivity (Wildman–Crippen MR) is 81.8 cm³/mol. The second-order valence-electron chi connectivity index (χ2n) is 4.54. The molecule has 0 spiro atoms. The van der Waals surface area contributed by atoms with Crippen LogP contribution in [0, 0.1) is 6.92 Å². The Kier molecular flexibility index (Phi) is 4.50. The van der Waals surface area contributed by atoms with E-state index in [9.17, 15) is 0 Å². The normalized spacial score (nSPS) is 12.4. The van der Waals surface area contributed by atoms with Crippen molar-refractivity contribution >= 4 is 17.2 Å². The van der Waals surface area contributed by atoms with Crippen molar-refractivity contribution in [2.45, 2.75) is 13.3 Å². The molecule has 4 nitrogen and oxygen atoms in total. The summed E-state index contributed by atoms with van der Waals surface area (Å²) in [6.07, 6.45) is 0.443. The van der Waals surface area contributed by atoms with Crippen LogP contribution in [0.25, 0.3) is 0 Å². The van der Waals surface area contributed by atoms with E-state index in [1.165, 1.54) is 0 Å². The van der Waals surface area contributed by atoms with Crippen LogP contribution in [0.5, 0.6) is 0 Å². The van der Waals surface area contributed by atoms with Crippen LogP contribution in [0.1, 0.15) is 11.1 Å². The summed E-state index contributed by atoms with van der Waals surface area (Å²) < 4.78 is 0. The highest BCUT2D eigenvalue weighted by molar-refractivity contribution is 6.41. The number of aryl methyl sites for hydroxylation is 1. The van der Waals surface area contributed by atoms with E-state index in [0.717, 1.165) is 16.8 Å². The summed E-state index contributed by atoms with van der Waals surface area (Å²) in [5.41, 5.74) is 9.17. The smallest absolute Gasteiger partial charge is 0.149 e. The molecule has 0 radical (unpaired) electrons. The van der Waals surface area contributed by atoms with Crippen LogP contribution < -0.4 is 5.73 Å². The van der Waals surface area contributed by atoms with E-state index in [0.29, 0.717) is 12.1 Å². The van der Waals surface area contributed by atoms with Gasteiger partial charge in [-0.1, -0.05) is 53.2 Å². The number of aliphatic imine (C=N–C) groups is 1. The third-order valence-electron chi connectivity index (χ3n) is 2.91. The van der Waals surface area contributed by atoms with Crippen LogP contribution in [-0.2, 0) is 6.42 Å². The highest BCUT2D eigenvalue weighted by atomic mass is 16.4. The van der Waals surface area contributed by atoms with Crippen LogP contribution >= 0.6 is 0 Å². The SMILES string of the molecule is Cc1ccc(N=C(N)C(Cc2ccccc2)=NO)cc1. The summed E-state index contributed by atoms with van der Waals surface area (Å²) >= 11 is 0. The van der Waals surface area contributed by atoms with E-state index in [4.69, 9.17) is 10.9 Å². The number of nitrogens with two attached hydrogens (primary N) is 1. The van der Waals surface area contributed by atoms with E-state index in [1.54, 1.807) is 0 Å². The molecule has 0 atom stereocenters. The molecule has 0 saturated heterocycles. The highest BCUT2D eigenvalue weighted by Gasteiger charge is 2.07. The summed E-state index contributed by atoms with van der Waals surface area (Å²) in [4.78, 5) is 4.27. The minimum atomic E-state index is 0.222. The molecule has 3 N–H and O–H groups in total. The molecule has 0 heterocycles. The number of rotatable bonds is 4. The van der Waals surface area contributed by atoms with Crippen LogP contribution in [0.2, 0.25) is 0 Å². The topological polar surface area (TPSA) is 71.0 Å². The van der Waals surface area contributed by atoms with Gasteiger partial charge in [0.1, 0.15) is 11.5 Å². The maximum atomic E-state index is 9.11. The van der Waals surface area contributed by atoms with Crippen molar-refractivity contribution in [1.82, 2.24) is 0 Å². The van der Waals surface area contributed by atoms with E-state index in [-0.39, 0.29) is 5.84 Å². The maximum Gasteiger partial charge on any atom is 0.149 e. The first-order chi connectivity index (χ1) is 9.69. The molecule has 0 aliphatic carbocycles. The molecule has 0 unspecified atom stereocenters. The quantitative estimate of drug-likeness (QED) is 0.387. The van der Waals surface area contributed by atoms with Crippen molar-refractivity contribution < 1.29 is 5.21 Å². The van der Waals surface area contributed by atoms with Crippen LogP contribution in [0.4, 0.5) is 5.69 Å². The second-order valence-corrected chi connectivity index (χ2v) is 4.54. The summed E-state index contributed by atoms with van der Waals surface area (Å²) in [6, 6.07) is 17.4. The summed E-state index contributed by atoms with van der Waals surface area (Å²) in [5, 5.41) is 12.4. The Morgan fingerprint density at radius 1 is 1.05 bits per heavy atom. The van der Waals surface area contributed by atoms with Gasteiger partial charge >= 0.3 is 0 Å². The lowest BCUT2D eigenvalue weighted by molar-refractivity contribution is 0.319. The molecule has 0 aromatic heterocycles. The van der Waals surface area contributed by atoms with Gasteiger partial charge in [-0.15, -0.1) is 0 Å². The fourth-order valence-electron chi connectivity index (χ4n) is 1.79. The first-order valence-electron chi connectivity index (χ1n) is 6.35. The van der Waals surface area contributed by atoms with Crippen molar-refractivity contribution in [3.05, 3.63) is 65.7 Å². The Morgan fingerprint density at radius 3 is 2.30 bits per heavy atom. The van der Waals surface area contributed by atoms with Gasteiger partial charge in [0.25, 0.3) is 0 Å². The predicted octanol–water partition coefficient (Wildman–Crippen LogP) is 3.06. The molecule has 20 heavy (non-hydrogen) atoms. The lowest BCUT2D eigenvalue weighted by atomic mass is 10.1. The Hall–Kier alpha value is -2.62. The van der Waals surface area contributed by atoms with Crippen LogP contribution in [0.3, 0.4) is 0 Å². The molecule has 0 saturated carbocycles. The van der Waals surface area contributed by atoms with Crippen LogP contribution in [0.15, 0.2) is 64.7 Å². The molecule has 2 rings (SSSR count). The van der Waals surface area contributed by atoms with Gasteiger partial charge in [0.2, 0.25) is 0 Å². The zero-order chi connectivity index (χ0) is 14.4. The van der Waals surface area contributed by atoms with Gasteiger partial charge in [-0.05, 0) is 24.6 Å². The molecule has 0 amide bonds. The number of oxime groups is 1. The standard InChI is InChI=1S/C16H17N3O/c1-12-7-9-14(10-8-12)18-16(17)15(19-20)11-13-5-3-2-4-6-13/h2-10,20H,11H2,1H3,(H2,17,18). The molecule has 0 aliphatic heterocycles. The monoisotopic (exact) mass is 267 g/mol. The van der Waals surface area contributed by atoms with E-state index in [1.807, 2.05) is 61.5 Å². The summed E-state index contributed by atoms with van der Waals surface area (Å²) in [5.74, 6) is 0.222. The molecular formula is C16H17N3O. The molecule has 4 heteroatoms.